The van der Waals surface area contributed by atoms with Crippen LogP contribution in [0.25, 0.3) is 0 Å². The number of nitrogens with zero attached hydrogens (tertiary/aromatic N) is 1. The zero-order valence-electron chi connectivity index (χ0n) is 7.25. The number of halogens is 4. The highest BCUT2D eigenvalue weighted by atomic mass is 35.5. The zero-order valence-corrected chi connectivity index (χ0v) is 8.01. The van der Waals surface area contributed by atoms with Crippen molar-refractivity contribution in [3.8, 4) is 0 Å². The van der Waals surface area contributed by atoms with Crippen LogP contribution in [-0.2, 0) is 0 Å². The van der Waals surface area contributed by atoms with Crippen LogP contribution in [0.5, 0.6) is 0 Å². The van der Waals surface area contributed by atoms with Crippen molar-refractivity contribution in [2.24, 2.45) is 4.99 Å². The summed E-state index contributed by atoms with van der Waals surface area (Å²) in [4.78, 5) is 13.9. The van der Waals surface area contributed by atoms with Gasteiger partial charge in [0, 0.05) is 5.56 Å². The summed E-state index contributed by atoms with van der Waals surface area (Å²) in [5.41, 5.74) is 0.0555. The normalized spacial score (nSPS) is 12.7. The summed E-state index contributed by atoms with van der Waals surface area (Å²) in [7, 11) is 0. The number of amides is 1. The molecule has 2 nitrogen and oxygen atoms in total. The van der Waals surface area contributed by atoms with Gasteiger partial charge in [0.1, 0.15) is 0 Å². The van der Waals surface area contributed by atoms with Crippen LogP contribution in [-0.4, -0.2) is 17.3 Å². The van der Waals surface area contributed by atoms with Crippen LogP contribution in [0.2, 0.25) is 0 Å². The molecule has 0 saturated carbocycles. The van der Waals surface area contributed by atoms with Gasteiger partial charge in [0.05, 0.1) is 0 Å². The summed E-state index contributed by atoms with van der Waals surface area (Å²) in [5, 5.41) is -1.67. The fraction of sp³-hybridized carbons (Fsp3) is 0.111. The standard InChI is InChI=1S/C9H5ClF3NO/c10-8(9(11,12)13)14-7(15)6-4-2-1-3-5-6/h1-5H. The van der Waals surface area contributed by atoms with Gasteiger partial charge < -0.3 is 0 Å². The van der Waals surface area contributed by atoms with Gasteiger partial charge in [-0.05, 0) is 12.1 Å². The minimum absolute atomic E-state index is 0.0555. The first kappa shape index (κ1) is 11.7. The molecule has 1 aromatic carbocycles. The number of alkyl halides is 3. The Morgan fingerprint density at radius 3 is 2.20 bits per heavy atom. The lowest BCUT2D eigenvalue weighted by atomic mass is 10.2. The van der Waals surface area contributed by atoms with Crippen LogP contribution in [0.3, 0.4) is 0 Å². The van der Waals surface area contributed by atoms with Crippen molar-refractivity contribution < 1.29 is 18.0 Å². The molecule has 0 aliphatic carbocycles. The summed E-state index contributed by atoms with van der Waals surface area (Å²) in [6.45, 7) is 0. The van der Waals surface area contributed by atoms with Gasteiger partial charge in [-0.25, -0.2) is 0 Å². The average Bonchev–Trinajstić information content (AvgIpc) is 2.17. The molecule has 0 saturated heterocycles. The molecule has 15 heavy (non-hydrogen) atoms. The highest BCUT2D eigenvalue weighted by molar-refractivity contribution is 6.67. The zero-order chi connectivity index (χ0) is 11.5. The van der Waals surface area contributed by atoms with Gasteiger partial charge in [0.2, 0.25) is 5.17 Å². The maximum Gasteiger partial charge on any atom is 0.444 e. The number of hydrogen-bond acceptors (Lipinski definition) is 1. The summed E-state index contributed by atoms with van der Waals surface area (Å²) >= 11 is 4.81. The maximum atomic E-state index is 11.9. The van der Waals surface area contributed by atoms with E-state index < -0.39 is 17.3 Å². The van der Waals surface area contributed by atoms with Gasteiger partial charge in [0.25, 0.3) is 5.91 Å². The first-order chi connectivity index (χ1) is 6.91. The average molecular weight is 236 g/mol. The van der Waals surface area contributed by atoms with E-state index in [1.807, 2.05) is 0 Å². The van der Waals surface area contributed by atoms with E-state index >= 15 is 0 Å². The maximum absolute atomic E-state index is 11.9. The van der Waals surface area contributed by atoms with E-state index in [0.717, 1.165) is 0 Å². The monoisotopic (exact) mass is 235 g/mol. The lowest BCUT2D eigenvalue weighted by Crippen LogP contribution is -2.18. The fourth-order valence-electron chi connectivity index (χ4n) is 0.798. The van der Waals surface area contributed by atoms with Crippen molar-refractivity contribution >= 4 is 22.7 Å². The van der Waals surface area contributed by atoms with Crippen LogP contribution in [0, 0.1) is 0 Å². The van der Waals surface area contributed by atoms with E-state index in [2.05, 4.69) is 4.99 Å². The second-order valence-corrected chi connectivity index (χ2v) is 2.93. The number of carbonyl (C=O) groups excluding carboxylic acids is 1. The fourth-order valence-corrected chi connectivity index (χ4v) is 0.875. The van der Waals surface area contributed by atoms with E-state index in [1.54, 1.807) is 6.07 Å². The molecule has 0 radical (unpaired) electrons. The molecule has 0 aliphatic heterocycles. The molecule has 0 aliphatic rings. The van der Waals surface area contributed by atoms with Crippen molar-refractivity contribution in [3.63, 3.8) is 0 Å². The van der Waals surface area contributed by atoms with Gasteiger partial charge in [-0.15, -0.1) is 0 Å². The molecule has 1 aromatic rings. The number of rotatable bonds is 1. The Hall–Kier alpha value is -1.36. The Labute approximate surface area is 88.4 Å². The van der Waals surface area contributed by atoms with E-state index in [9.17, 15) is 18.0 Å². The van der Waals surface area contributed by atoms with Crippen molar-refractivity contribution in [1.29, 1.82) is 0 Å². The topological polar surface area (TPSA) is 29.4 Å². The van der Waals surface area contributed by atoms with E-state index in [-0.39, 0.29) is 5.56 Å². The summed E-state index contributed by atoms with van der Waals surface area (Å²) in [6.07, 6.45) is -4.79. The molecule has 0 heterocycles. The quantitative estimate of drug-likeness (QED) is 0.688. The predicted octanol–water partition coefficient (Wildman–Crippen LogP) is 3.03. The Kier molecular flexibility index (Phi) is 3.47. The number of benzene rings is 1. The van der Waals surface area contributed by atoms with Gasteiger partial charge in [-0.3, -0.25) is 4.79 Å². The van der Waals surface area contributed by atoms with Crippen molar-refractivity contribution in [1.82, 2.24) is 0 Å². The Balaban J connectivity index is 2.90. The van der Waals surface area contributed by atoms with E-state index in [4.69, 9.17) is 11.6 Å². The molecule has 0 fully saturated rings. The van der Waals surface area contributed by atoms with Crippen molar-refractivity contribution in [2.45, 2.75) is 6.18 Å². The molecule has 80 valence electrons. The predicted molar refractivity (Wildman–Crippen MR) is 50.1 cm³/mol. The molecule has 0 spiro atoms. The molecule has 0 bridgehead atoms. The molecular weight excluding hydrogens is 231 g/mol. The largest absolute Gasteiger partial charge is 0.444 e. The highest BCUT2D eigenvalue weighted by Gasteiger charge is 2.35. The molecule has 1 rings (SSSR count). The van der Waals surface area contributed by atoms with Crippen LogP contribution < -0.4 is 0 Å². The number of hydrogen-bond donors (Lipinski definition) is 0. The van der Waals surface area contributed by atoms with Crippen LogP contribution in [0.4, 0.5) is 13.2 Å². The molecule has 0 N–H and O–H groups in total. The molecule has 0 atom stereocenters. The van der Waals surface area contributed by atoms with E-state index in [0.29, 0.717) is 0 Å². The van der Waals surface area contributed by atoms with Gasteiger partial charge >= 0.3 is 6.18 Å². The highest BCUT2D eigenvalue weighted by Crippen LogP contribution is 2.20. The van der Waals surface area contributed by atoms with Crippen LogP contribution in [0.1, 0.15) is 10.4 Å². The van der Waals surface area contributed by atoms with Crippen molar-refractivity contribution in [3.05, 3.63) is 35.9 Å². The summed E-state index contributed by atoms with van der Waals surface area (Å²) < 4.78 is 35.7. The third-order valence-corrected chi connectivity index (χ3v) is 1.75. The van der Waals surface area contributed by atoms with Gasteiger partial charge in [-0.2, -0.15) is 18.2 Å². The lowest BCUT2D eigenvalue weighted by molar-refractivity contribution is -0.0560. The third kappa shape index (κ3) is 3.36. The molecule has 0 aromatic heterocycles. The SMILES string of the molecule is O=C(N=C(Cl)C(F)(F)F)c1ccccc1. The lowest BCUT2D eigenvalue weighted by Gasteiger charge is -2.02. The van der Waals surface area contributed by atoms with Gasteiger partial charge in [0.15, 0.2) is 0 Å². The van der Waals surface area contributed by atoms with Crippen LogP contribution in [0.15, 0.2) is 35.3 Å². The molecular formula is C9H5ClF3NO. The molecule has 6 heteroatoms. The van der Waals surface area contributed by atoms with Crippen molar-refractivity contribution in [2.75, 3.05) is 0 Å². The third-order valence-electron chi connectivity index (χ3n) is 1.45. The number of carbonyl (C=O) groups is 1. The molecule has 0 unspecified atom stereocenters. The minimum Gasteiger partial charge on any atom is -0.267 e. The minimum atomic E-state index is -4.79. The summed E-state index contributed by atoms with van der Waals surface area (Å²) in [6, 6.07) is 7.37. The first-order valence-corrected chi connectivity index (χ1v) is 4.20. The first-order valence-electron chi connectivity index (χ1n) is 3.82. The summed E-state index contributed by atoms with van der Waals surface area (Å²) in [5.74, 6) is -1.02. The van der Waals surface area contributed by atoms with E-state index in [1.165, 1.54) is 24.3 Å². The Morgan fingerprint density at radius 2 is 1.73 bits per heavy atom. The Morgan fingerprint density at radius 1 is 1.20 bits per heavy atom. The van der Waals surface area contributed by atoms with Gasteiger partial charge in [-0.1, -0.05) is 29.8 Å². The Bertz CT molecular complexity index is 386. The molecule has 1 amide bonds. The number of aliphatic imine (C=N–C) groups is 1. The van der Waals surface area contributed by atoms with Crippen LogP contribution >= 0.6 is 11.6 Å². The second-order valence-electron chi connectivity index (χ2n) is 2.57. The smallest absolute Gasteiger partial charge is 0.267 e. The second kappa shape index (κ2) is 4.44.